The molecule has 0 bridgehead atoms. The number of aliphatic carboxylic acids is 1. The molecule has 1 aromatic rings. The summed E-state index contributed by atoms with van der Waals surface area (Å²) in [6, 6.07) is 7.30. The number of rotatable bonds is 9. The summed E-state index contributed by atoms with van der Waals surface area (Å²) < 4.78 is 0. The quantitative estimate of drug-likeness (QED) is 0.646. The van der Waals surface area contributed by atoms with E-state index in [1.165, 1.54) is 18.7 Å². The van der Waals surface area contributed by atoms with Gasteiger partial charge in [0, 0.05) is 13.3 Å². The molecule has 6 nitrogen and oxygen atoms in total. The molecule has 0 aliphatic heterocycles. The second-order valence-corrected chi connectivity index (χ2v) is 6.09. The van der Waals surface area contributed by atoms with Gasteiger partial charge in [-0.15, -0.1) is 0 Å². The van der Waals surface area contributed by atoms with E-state index in [1.54, 1.807) is 0 Å². The number of nitrogens with one attached hydrogen (secondary N) is 2. The Kier molecular flexibility index (Phi) is 8.18. The summed E-state index contributed by atoms with van der Waals surface area (Å²) in [6.07, 6.45) is 2.41. The Morgan fingerprint density at radius 2 is 1.78 bits per heavy atom. The van der Waals surface area contributed by atoms with Crippen LogP contribution in [0.1, 0.15) is 18.9 Å². The first kappa shape index (κ1) is 19.0. The monoisotopic (exact) mass is 337 g/mol. The maximum absolute atomic E-state index is 12.3. The van der Waals surface area contributed by atoms with Crippen molar-refractivity contribution in [3.63, 3.8) is 0 Å². The number of carboxylic acid groups (broad SMARTS) is 1. The first-order valence-corrected chi connectivity index (χ1v) is 8.64. The van der Waals surface area contributed by atoms with Crippen molar-refractivity contribution >= 4 is 29.5 Å². The molecule has 0 unspecified atom stereocenters. The highest BCUT2D eigenvalue weighted by Gasteiger charge is 2.23. The lowest BCUT2D eigenvalue weighted by atomic mass is 10.0. The van der Waals surface area contributed by atoms with Crippen LogP contribution >= 0.6 is 11.8 Å². The number of hydrogen-bond donors (Lipinski definition) is 2. The Morgan fingerprint density at radius 3 is 2.30 bits per heavy atom. The van der Waals surface area contributed by atoms with Crippen molar-refractivity contribution in [2.45, 2.75) is 31.8 Å². The Balaban J connectivity index is 2.77. The van der Waals surface area contributed by atoms with E-state index in [1.807, 2.05) is 36.6 Å². The van der Waals surface area contributed by atoms with Gasteiger partial charge in [-0.2, -0.15) is 11.8 Å². The number of carboxylic acids is 1. The minimum Gasteiger partial charge on any atom is -0.548 e. The van der Waals surface area contributed by atoms with Gasteiger partial charge in [-0.3, -0.25) is 9.59 Å². The third kappa shape index (κ3) is 7.19. The highest BCUT2D eigenvalue weighted by atomic mass is 32.2. The van der Waals surface area contributed by atoms with E-state index in [2.05, 4.69) is 10.6 Å². The lowest BCUT2D eigenvalue weighted by Gasteiger charge is -2.23. The van der Waals surface area contributed by atoms with Gasteiger partial charge in [0.25, 0.3) is 0 Å². The topological polar surface area (TPSA) is 98.3 Å². The standard InChI is InChI=1S/C16H22N2O4S/c1-11(19)17-14(10-12-6-4-3-5-7-12)15(20)18-13(16(21)22)8-9-23-2/h3-7,13-14H,8-10H2,1-2H3,(H,17,19)(H,18,20)(H,21,22)/p-1/t13-,14-/m1/s1. The molecule has 2 N–H and O–H groups in total. The van der Waals surface area contributed by atoms with Gasteiger partial charge in [0.1, 0.15) is 6.04 Å². The van der Waals surface area contributed by atoms with Gasteiger partial charge < -0.3 is 20.5 Å². The molecule has 0 aliphatic carbocycles. The maximum Gasteiger partial charge on any atom is 0.243 e. The van der Waals surface area contributed by atoms with Crippen LogP contribution in [0.3, 0.4) is 0 Å². The Bertz CT molecular complexity index is 536. The van der Waals surface area contributed by atoms with Crippen LogP contribution in [-0.2, 0) is 20.8 Å². The highest BCUT2D eigenvalue weighted by Crippen LogP contribution is 2.05. The van der Waals surface area contributed by atoms with Crippen LogP contribution in [0.2, 0.25) is 0 Å². The van der Waals surface area contributed by atoms with Gasteiger partial charge in [0.05, 0.1) is 12.0 Å². The average molecular weight is 337 g/mol. The minimum atomic E-state index is -1.33. The molecule has 0 fully saturated rings. The Hall–Kier alpha value is -2.02. The summed E-state index contributed by atoms with van der Waals surface area (Å²) >= 11 is 1.48. The number of carbonyl (C=O) groups is 3. The number of amides is 2. The van der Waals surface area contributed by atoms with Crippen LogP contribution in [0.4, 0.5) is 0 Å². The van der Waals surface area contributed by atoms with Crippen LogP contribution in [-0.4, -0.2) is 41.9 Å². The summed E-state index contributed by atoms with van der Waals surface area (Å²) in [4.78, 5) is 34.8. The molecule has 2 atom stereocenters. The molecule has 0 aliphatic rings. The average Bonchev–Trinajstić information content (AvgIpc) is 2.50. The van der Waals surface area contributed by atoms with E-state index in [9.17, 15) is 19.5 Å². The van der Waals surface area contributed by atoms with E-state index in [4.69, 9.17) is 0 Å². The highest BCUT2D eigenvalue weighted by molar-refractivity contribution is 7.98. The second-order valence-electron chi connectivity index (χ2n) is 5.10. The largest absolute Gasteiger partial charge is 0.548 e. The second kappa shape index (κ2) is 9.89. The summed E-state index contributed by atoms with van der Waals surface area (Å²) in [5.41, 5.74) is 0.871. The molecule has 23 heavy (non-hydrogen) atoms. The van der Waals surface area contributed by atoms with Crippen molar-refractivity contribution in [3.05, 3.63) is 35.9 Å². The molecule has 0 radical (unpaired) electrons. The van der Waals surface area contributed by atoms with Crippen molar-refractivity contribution in [2.75, 3.05) is 12.0 Å². The predicted molar refractivity (Wildman–Crippen MR) is 87.7 cm³/mol. The fourth-order valence-electron chi connectivity index (χ4n) is 2.06. The molecule has 0 heterocycles. The molecule has 126 valence electrons. The summed E-state index contributed by atoms with van der Waals surface area (Å²) in [6.45, 7) is 1.31. The van der Waals surface area contributed by atoms with Crippen LogP contribution in [0.25, 0.3) is 0 Å². The lowest BCUT2D eigenvalue weighted by molar-refractivity contribution is -0.308. The molecule has 0 aromatic heterocycles. The third-order valence-corrected chi connectivity index (χ3v) is 3.83. The molecule has 1 rings (SSSR count). The molecular weight excluding hydrogens is 316 g/mol. The normalized spacial score (nSPS) is 13.0. The third-order valence-electron chi connectivity index (χ3n) is 3.19. The molecule has 0 spiro atoms. The van der Waals surface area contributed by atoms with Gasteiger partial charge in [0.2, 0.25) is 11.8 Å². The maximum atomic E-state index is 12.3. The molecule has 0 saturated carbocycles. The van der Waals surface area contributed by atoms with E-state index in [0.29, 0.717) is 5.75 Å². The smallest absolute Gasteiger partial charge is 0.243 e. The Labute approximate surface area is 140 Å². The van der Waals surface area contributed by atoms with Crippen molar-refractivity contribution in [1.82, 2.24) is 10.6 Å². The molecule has 0 saturated heterocycles. The Morgan fingerprint density at radius 1 is 1.13 bits per heavy atom. The van der Waals surface area contributed by atoms with Crippen molar-refractivity contribution in [1.29, 1.82) is 0 Å². The van der Waals surface area contributed by atoms with Crippen LogP contribution in [0, 0.1) is 0 Å². The zero-order chi connectivity index (χ0) is 17.2. The van der Waals surface area contributed by atoms with E-state index in [0.717, 1.165) is 5.56 Å². The number of benzene rings is 1. The van der Waals surface area contributed by atoms with E-state index >= 15 is 0 Å². The van der Waals surface area contributed by atoms with Crippen molar-refractivity contribution in [2.24, 2.45) is 0 Å². The molecular formula is C16H21N2O4S-. The SMILES string of the molecule is CSCC[C@@H](NC(=O)[C@@H](Cc1ccccc1)NC(C)=O)C(=O)[O-]. The van der Waals surface area contributed by atoms with Gasteiger partial charge in [-0.25, -0.2) is 0 Å². The van der Waals surface area contributed by atoms with Gasteiger partial charge in [-0.05, 0) is 24.0 Å². The fourth-order valence-corrected chi connectivity index (χ4v) is 2.53. The fraction of sp³-hybridized carbons (Fsp3) is 0.438. The van der Waals surface area contributed by atoms with Crippen LogP contribution in [0.15, 0.2) is 30.3 Å². The number of carbonyl (C=O) groups excluding carboxylic acids is 3. The van der Waals surface area contributed by atoms with E-state index in [-0.39, 0.29) is 18.7 Å². The summed E-state index contributed by atoms with van der Waals surface area (Å²) in [5.74, 6) is -1.62. The zero-order valence-corrected chi connectivity index (χ0v) is 14.0. The summed E-state index contributed by atoms with van der Waals surface area (Å²) in [5, 5.41) is 16.1. The lowest BCUT2D eigenvalue weighted by Crippen LogP contribution is -2.55. The van der Waals surface area contributed by atoms with Crippen molar-refractivity contribution in [3.8, 4) is 0 Å². The number of hydrogen-bond acceptors (Lipinski definition) is 5. The van der Waals surface area contributed by atoms with Gasteiger partial charge in [-0.1, -0.05) is 30.3 Å². The molecule has 2 amide bonds. The molecule has 1 aromatic carbocycles. The summed E-state index contributed by atoms with van der Waals surface area (Å²) in [7, 11) is 0. The first-order valence-electron chi connectivity index (χ1n) is 7.25. The minimum absolute atomic E-state index is 0.271. The van der Waals surface area contributed by atoms with Gasteiger partial charge >= 0.3 is 0 Å². The van der Waals surface area contributed by atoms with Crippen LogP contribution in [0.5, 0.6) is 0 Å². The predicted octanol–water partition coefficient (Wildman–Crippen LogP) is -0.278. The zero-order valence-electron chi connectivity index (χ0n) is 13.2. The first-order chi connectivity index (χ1) is 10.9. The van der Waals surface area contributed by atoms with E-state index < -0.39 is 24.0 Å². The van der Waals surface area contributed by atoms with Crippen molar-refractivity contribution < 1.29 is 19.5 Å². The molecule has 7 heteroatoms. The number of thioether (sulfide) groups is 1. The van der Waals surface area contributed by atoms with Crippen LogP contribution < -0.4 is 15.7 Å². The van der Waals surface area contributed by atoms with Gasteiger partial charge in [0.15, 0.2) is 0 Å².